The molecule has 0 radical (unpaired) electrons. The summed E-state index contributed by atoms with van der Waals surface area (Å²) in [7, 11) is 3.29. The van der Waals surface area contributed by atoms with Crippen LogP contribution >= 0.6 is 0 Å². The fraction of sp³-hybridized carbons (Fsp3) is 0.333. The summed E-state index contributed by atoms with van der Waals surface area (Å²) in [4.78, 5) is 0. The van der Waals surface area contributed by atoms with Crippen molar-refractivity contribution in [1.82, 2.24) is 5.32 Å². The standard InChI is InChI=1S/C18H22FNO3/c1-21-10-9-20-12-15-5-8-17(18(11-15)22-2)23-13-14-3-6-16(19)7-4-14/h3-8,11,20H,9-10,12-13H2,1-2H3. The van der Waals surface area contributed by atoms with Gasteiger partial charge in [0.2, 0.25) is 0 Å². The highest BCUT2D eigenvalue weighted by Gasteiger charge is 2.06. The van der Waals surface area contributed by atoms with Crippen LogP contribution in [-0.2, 0) is 17.9 Å². The molecule has 0 spiro atoms. The second-order valence-corrected chi connectivity index (χ2v) is 5.07. The number of ether oxygens (including phenoxy) is 3. The van der Waals surface area contributed by atoms with E-state index in [9.17, 15) is 4.39 Å². The van der Waals surface area contributed by atoms with Crippen LogP contribution in [-0.4, -0.2) is 27.4 Å². The molecule has 0 saturated heterocycles. The lowest BCUT2D eigenvalue weighted by Crippen LogP contribution is -2.18. The van der Waals surface area contributed by atoms with E-state index in [1.165, 1.54) is 12.1 Å². The molecular weight excluding hydrogens is 297 g/mol. The molecule has 0 saturated carbocycles. The van der Waals surface area contributed by atoms with Gasteiger partial charge in [-0.25, -0.2) is 4.39 Å². The second-order valence-electron chi connectivity index (χ2n) is 5.07. The van der Waals surface area contributed by atoms with Crippen molar-refractivity contribution in [2.24, 2.45) is 0 Å². The fourth-order valence-corrected chi connectivity index (χ4v) is 2.09. The summed E-state index contributed by atoms with van der Waals surface area (Å²) in [5, 5.41) is 3.28. The Morgan fingerprint density at radius 1 is 0.957 bits per heavy atom. The summed E-state index contributed by atoms with van der Waals surface area (Å²) >= 11 is 0. The molecule has 5 heteroatoms. The van der Waals surface area contributed by atoms with Gasteiger partial charge in [0.25, 0.3) is 0 Å². The molecule has 0 unspecified atom stereocenters. The lowest BCUT2D eigenvalue weighted by atomic mass is 10.2. The zero-order chi connectivity index (χ0) is 16.5. The summed E-state index contributed by atoms with van der Waals surface area (Å²) in [5.74, 6) is 1.09. The second kappa shape index (κ2) is 9.12. The molecule has 4 nitrogen and oxygen atoms in total. The Morgan fingerprint density at radius 2 is 1.70 bits per heavy atom. The molecule has 2 aromatic carbocycles. The van der Waals surface area contributed by atoms with Crippen molar-refractivity contribution < 1.29 is 18.6 Å². The van der Waals surface area contributed by atoms with Crippen molar-refractivity contribution in [3.05, 3.63) is 59.4 Å². The normalized spacial score (nSPS) is 10.6. The first-order valence-electron chi connectivity index (χ1n) is 7.46. The average Bonchev–Trinajstić information content (AvgIpc) is 2.58. The van der Waals surface area contributed by atoms with Gasteiger partial charge in [0, 0.05) is 20.2 Å². The maximum absolute atomic E-state index is 12.9. The van der Waals surface area contributed by atoms with Crippen molar-refractivity contribution >= 4 is 0 Å². The Balaban J connectivity index is 1.94. The van der Waals surface area contributed by atoms with E-state index >= 15 is 0 Å². The predicted octanol–water partition coefficient (Wildman–Crippen LogP) is 3.15. The van der Waals surface area contributed by atoms with E-state index in [1.54, 1.807) is 26.4 Å². The highest BCUT2D eigenvalue weighted by molar-refractivity contribution is 5.43. The van der Waals surface area contributed by atoms with E-state index in [1.807, 2.05) is 18.2 Å². The molecule has 1 N–H and O–H groups in total. The molecule has 0 aliphatic heterocycles. The van der Waals surface area contributed by atoms with Crippen molar-refractivity contribution in [3.63, 3.8) is 0 Å². The summed E-state index contributed by atoms with van der Waals surface area (Å²) < 4.78 is 29.0. The number of hydrogen-bond donors (Lipinski definition) is 1. The molecule has 0 amide bonds. The van der Waals surface area contributed by atoms with Gasteiger partial charge in [-0.2, -0.15) is 0 Å². The maximum atomic E-state index is 12.9. The number of benzene rings is 2. The van der Waals surface area contributed by atoms with Crippen LogP contribution in [0.3, 0.4) is 0 Å². The zero-order valence-corrected chi connectivity index (χ0v) is 13.5. The van der Waals surface area contributed by atoms with Crippen LogP contribution in [0.1, 0.15) is 11.1 Å². The first kappa shape index (κ1) is 17.2. The Hall–Kier alpha value is -2.11. The summed E-state index contributed by atoms with van der Waals surface area (Å²) in [6, 6.07) is 12.1. The van der Waals surface area contributed by atoms with E-state index in [4.69, 9.17) is 14.2 Å². The van der Waals surface area contributed by atoms with Crippen molar-refractivity contribution in [1.29, 1.82) is 0 Å². The Bertz CT molecular complexity index is 602. The van der Waals surface area contributed by atoms with Gasteiger partial charge in [0.15, 0.2) is 11.5 Å². The summed E-state index contributed by atoms with van der Waals surface area (Å²) in [6.45, 7) is 2.57. The highest BCUT2D eigenvalue weighted by atomic mass is 19.1. The summed E-state index contributed by atoms with van der Waals surface area (Å²) in [6.07, 6.45) is 0. The SMILES string of the molecule is COCCNCc1ccc(OCc2ccc(F)cc2)c(OC)c1. The number of hydrogen-bond acceptors (Lipinski definition) is 4. The number of methoxy groups -OCH3 is 2. The molecule has 0 heterocycles. The minimum Gasteiger partial charge on any atom is -0.493 e. The maximum Gasteiger partial charge on any atom is 0.161 e. The largest absolute Gasteiger partial charge is 0.493 e. The zero-order valence-electron chi connectivity index (χ0n) is 13.5. The van der Waals surface area contributed by atoms with Crippen molar-refractivity contribution in [2.45, 2.75) is 13.2 Å². The molecule has 23 heavy (non-hydrogen) atoms. The molecule has 0 atom stereocenters. The quantitative estimate of drug-likeness (QED) is 0.721. The third-order valence-electron chi connectivity index (χ3n) is 3.35. The van der Waals surface area contributed by atoms with Gasteiger partial charge in [-0.3, -0.25) is 0 Å². The molecular formula is C18H22FNO3. The van der Waals surface area contributed by atoms with Gasteiger partial charge in [-0.1, -0.05) is 18.2 Å². The van der Waals surface area contributed by atoms with Crippen LogP contribution in [0.15, 0.2) is 42.5 Å². The molecule has 0 aliphatic rings. The molecule has 0 fully saturated rings. The van der Waals surface area contributed by atoms with Crippen LogP contribution in [0, 0.1) is 5.82 Å². The van der Waals surface area contributed by atoms with Crippen LogP contribution in [0.4, 0.5) is 4.39 Å². The predicted molar refractivity (Wildman–Crippen MR) is 87.3 cm³/mol. The highest BCUT2D eigenvalue weighted by Crippen LogP contribution is 2.28. The van der Waals surface area contributed by atoms with Crippen molar-refractivity contribution in [2.75, 3.05) is 27.4 Å². The molecule has 2 rings (SSSR count). The van der Waals surface area contributed by atoms with E-state index in [0.29, 0.717) is 24.7 Å². The molecule has 0 bridgehead atoms. The van der Waals surface area contributed by atoms with Gasteiger partial charge >= 0.3 is 0 Å². The average molecular weight is 319 g/mol. The Morgan fingerprint density at radius 3 is 2.39 bits per heavy atom. The smallest absolute Gasteiger partial charge is 0.161 e. The molecule has 124 valence electrons. The number of nitrogens with one attached hydrogen (secondary N) is 1. The van der Waals surface area contributed by atoms with Gasteiger partial charge in [0.1, 0.15) is 12.4 Å². The molecule has 0 aromatic heterocycles. The Kier molecular flexibility index (Phi) is 6.84. The van der Waals surface area contributed by atoms with Crippen molar-refractivity contribution in [3.8, 4) is 11.5 Å². The van der Waals surface area contributed by atoms with E-state index in [-0.39, 0.29) is 5.82 Å². The van der Waals surface area contributed by atoms with E-state index < -0.39 is 0 Å². The van der Waals surface area contributed by atoms with Crippen LogP contribution in [0.25, 0.3) is 0 Å². The lowest BCUT2D eigenvalue weighted by Gasteiger charge is -2.13. The lowest BCUT2D eigenvalue weighted by molar-refractivity contribution is 0.199. The van der Waals surface area contributed by atoms with Crippen LogP contribution in [0.5, 0.6) is 11.5 Å². The van der Waals surface area contributed by atoms with Gasteiger partial charge in [-0.05, 0) is 35.4 Å². The molecule has 0 aliphatic carbocycles. The van der Waals surface area contributed by atoms with E-state index in [0.717, 1.165) is 24.2 Å². The number of halogens is 1. The minimum absolute atomic E-state index is 0.253. The topological polar surface area (TPSA) is 39.7 Å². The number of rotatable bonds is 9. The third-order valence-corrected chi connectivity index (χ3v) is 3.35. The fourth-order valence-electron chi connectivity index (χ4n) is 2.09. The third kappa shape index (κ3) is 5.54. The monoisotopic (exact) mass is 319 g/mol. The molecule has 2 aromatic rings. The summed E-state index contributed by atoms with van der Waals surface area (Å²) in [5.41, 5.74) is 2.01. The minimum atomic E-state index is -0.253. The van der Waals surface area contributed by atoms with Gasteiger partial charge < -0.3 is 19.5 Å². The first-order chi connectivity index (χ1) is 11.2. The van der Waals surface area contributed by atoms with Gasteiger partial charge in [-0.15, -0.1) is 0 Å². The van der Waals surface area contributed by atoms with Gasteiger partial charge in [0.05, 0.1) is 13.7 Å². The van der Waals surface area contributed by atoms with Crippen LogP contribution < -0.4 is 14.8 Å². The Labute approximate surface area is 136 Å². The van der Waals surface area contributed by atoms with E-state index in [2.05, 4.69) is 5.32 Å². The van der Waals surface area contributed by atoms with Crippen LogP contribution in [0.2, 0.25) is 0 Å². The first-order valence-corrected chi connectivity index (χ1v) is 7.46.